The van der Waals surface area contributed by atoms with Gasteiger partial charge in [0.2, 0.25) is 10.0 Å². The molecule has 12 heteroatoms. The molecule has 0 aromatic heterocycles. The van der Waals surface area contributed by atoms with Crippen LogP contribution in [-0.2, 0) is 14.8 Å². The Labute approximate surface area is 227 Å². The average Bonchev–Trinajstić information content (AvgIpc) is 3.28. The van der Waals surface area contributed by atoms with Gasteiger partial charge in [-0.1, -0.05) is 29.3 Å². The van der Waals surface area contributed by atoms with Crippen LogP contribution in [0.5, 0.6) is 0 Å². The summed E-state index contributed by atoms with van der Waals surface area (Å²) in [5.41, 5.74) is 8.48. The van der Waals surface area contributed by atoms with Gasteiger partial charge < -0.3 is 16.4 Å². The van der Waals surface area contributed by atoms with E-state index in [-0.39, 0.29) is 40.1 Å². The lowest BCUT2D eigenvalue weighted by molar-refractivity contribution is -0.128. The SMILES string of the molecule is Cc1cc(C)cc(NC(=O)N2CCN(S(=O)(=O)c3ccc(Cl)c(Cl)c3)C2C(=O)NC2CCC(N)CC2)c1. The molecule has 1 aliphatic heterocycles. The molecule has 200 valence electrons. The van der Waals surface area contributed by atoms with E-state index in [1.54, 1.807) is 0 Å². The lowest BCUT2D eigenvalue weighted by atomic mass is 9.92. The van der Waals surface area contributed by atoms with Crippen molar-refractivity contribution in [2.24, 2.45) is 5.73 Å². The minimum atomic E-state index is -4.19. The van der Waals surface area contributed by atoms with E-state index in [4.69, 9.17) is 28.9 Å². The van der Waals surface area contributed by atoms with Crippen LogP contribution in [0.1, 0.15) is 36.8 Å². The predicted octanol–water partition coefficient (Wildman–Crippen LogP) is 3.86. The predicted molar refractivity (Wildman–Crippen MR) is 144 cm³/mol. The van der Waals surface area contributed by atoms with Gasteiger partial charge in [-0.05, 0) is 81.0 Å². The number of hydrogen-bond donors (Lipinski definition) is 3. The molecule has 0 spiro atoms. The van der Waals surface area contributed by atoms with Crippen LogP contribution in [0.25, 0.3) is 0 Å². The van der Waals surface area contributed by atoms with Gasteiger partial charge in [0.05, 0.1) is 14.9 Å². The molecule has 1 atom stereocenters. The van der Waals surface area contributed by atoms with Crippen LogP contribution in [0.3, 0.4) is 0 Å². The topological polar surface area (TPSA) is 125 Å². The van der Waals surface area contributed by atoms with Crippen molar-refractivity contribution >= 4 is 50.9 Å². The van der Waals surface area contributed by atoms with Crippen molar-refractivity contribution in [3.05, 3.63) is 57.6 Å². The van der Waals surface area contributed by atoms with Crippen LogP contribution in [0.2, 0.25) is 10.0 Å². The Balaban J connectivity index is 1.63. The normalized spacial score (nSPS) is 22.6. The smallest absolute Gasteiger partial charge is 0.323 e. The second-order valence-corrected chi connectivity index (χ2v) is 12.4. The molecular weight excluding hydrogens is 537 g/mol. The number of hydrogen-bond acceptors (Lipinski definition) is 5. The Morgan fingerprint density at radius 2 is 1.59 bits per heavy atom. The van der Waals surface area contributed by atoms with E-state index >= 15 is 0 Å². The highest BCUT2D eigenvalue weighted by Gasteiger charge is 2.47. The van der Waals surface area contributed by atoms with Crippen LogP contribution in [0, 0.1) is 13.8 Å². The van der Waals surface area contributed by atoms with E-state index in [2.05, 4.69) is 10.6 Å². The van der Waals surface area contributed by atoms with E-state index in [9.17, 15) is 18.0 Å². The molecule has 2 aliphatic rings. The molecule has 9 nitrogen and oxygen atoms in total. The van der Waals surface area contributed by atoms with Gasteiger partial charge >= 0.3 is 6.03 Å². The first-order valence-corrected chi connectivity index (χ1v) is 14.3. The van der Waals surface area contributed by atoms with E-state index in [1.165, 1.54) is 23.1 Å². The number of carbonyl (C=O) groups is 2. The lowest BCUT2D eigenvalue weighted by Crippen LogP contribution is -2.56. The highest BCUT2D eigenvalue weighted by molar-refractivity contribution is 7.89. The minimum absolute atomic E-state index is 0.0326. The molecule has 2 aromatic carbocycles. The molecule has 1 aliphatic carbocycles. The number of sulfonamides is 1. The van der Waals surface area contributed by atoms with Crippen molar-refractivity contribution in [2.75, 3.05) is 18.4 Å². The molecule has 0 radical (unpaired) electrons. The number of aryl methyl sites for hydroxylation is 2. The highest BCUT2D eigenvalue weighted by Crippen LogP contribution is 2.30. The Morgan fingerprint density at radius 3 is 2.22 bits per heavy atom. The number of carbonyl (C=O) groups excluding carboxylic acids is 2. The van der Waals surface area contributed by atoms with E-state index in [0.717, 1.165) is 28.3 Å². The number of rotatable bonds is 5. The summed E-state index contributed by atoms with van der Waals surface area (Å²) in [7, 11) is -4.19. The first kappa shape index (κ1) is 27.7. The van der Waals surface area contributed by atoms with E-state index in [1.807, 2.05) is 32.0 Å². The van der Waals surface area contributed by atoms with E-state index in [0.29, 0.717) is 18.5 Å². The monoisotopic (exact) mass is 567 g/mol. The van der Waals surface area contributed by atoms with Gasteiger partial charge in [0, 0.05) is 30.9 Å². The van der Waals surface area contributed by atoms with Gasteiger partial charge in [-0.15, -0.1) is 0 Å². The molecule has 2 fully saturated rings. The van der Waals surface area contributed by atoms with Crippen LogP contribution in [0.4, 0.5) is 10.5 Å². The Morgan fingerprint density at radius 1 is 0.946 bits per heavy atom. The number of nitrogens with two attached hydrogens (primary N) is 1. The Kier molecular flexibility index (Phi) is 8.35. The van der Waals surface area contributed by atoms with Crippen LogP contribution in [-0.4, -0.2) is 60.9 Å². The van der Waals surface area contributed by atoms with Gasteiger partial charge in [0.1, 0.15) is 0 Å². The van der Waals surface area contributed by atoms with Gasteiger partial charge in [-0.2, -0.15) is 4.31 Å². The largest absolute Gasteiger partial charge is 0.350 e. The van der Waals surface area contributed by atoms with Gasteiger partial charge in [0.15, 0.2) is 6.17 Å². The number of halogens is 2. The average molecular weight is 569 g/mol. The molecule has 1 unspecified atom stereocenters. The molecule has 2 aromatic rings. The first-order valence-electron chi connectivity index (χ1n) is 12.1. The molecule has 1 heterocycles. The van der Waals surface area contributed by atoms with Crippen LogP contribution < -0.4 is 16.4 Å². The number of urea groups is 1. The Bertz CT molecular complexity index is 1280. The van der Waals surface area contributed by atoms with Gasteiger partial charge in [-0.25, -0.2) is 13.2 Å². The fourth-order valence-corrected chi connectivity index (χ4v) is 6.83. The number of anilines is 1. The third kappa shape index (κ3) is 6.21. The number of amides is 3. The number of nitrogens with zero attached hydrogens (tertiary/aromatic N) is 2. The number of nitrogens with one attached hydrogen (secondary N) is 2. The zero-order valence-electron chi connectivity index (χ0n) is 20.7. The summed E-state index contributed by atoms with van der Waals surface area (Å²) in [6, 6.07) is 8.94. The molecule has 1 saturated carbocycles. The zero-order valence-corrected chi connectivity index (χ0v) is 23.0. The molecule has 3 amide bonds. The van der Waals surface area contributed by atoms with Gasteiger partial charge in [0.25, 0.3) is 5.91 Å². The first-order chi connectivity index (χ1) is 17.5. The van der Waals surface area contributed by atoms with Crippen molar-refractivity contribution in [1.29, 1.82) is 0 Å². The summed E-state index contributed by atoms with van der Waals surface area (Å²) in [6.45, 7) is 3.80. The summed E-state index contributed by atoms with van der Waals surface area (Å²) < 4.78 is 28.3. The third-order valence-electron chi connectivity index (χ3n) is 6.71. The maximum Gasteiger partial charge on any atom is 0.323 e. The summed E-state index contributed by atoms with van der Waals surface area (Å²) in [6.07, 6.45) is 1.53. The highest BCUT2D eigenvalue weighted by atomic mass is 35.5. The summed E-state index contributed by atoms with van der Waals surface area (Å²) >= 11 is 12.1. The third-order valence-corrected chi connectivity index (χ3v) is 9.30. The zero-order chi connectivity index (χ0) is 26.9. The van der Waals surface area contributed by atoms with Crippen molar-refractivity contribution in [2.45, 2.75) is 62.7 Å². The van der Waals surface area contributed by atoms with Crippen molar-refractivity contribution in [3.8, 4) is 0 Å². The summed E-state index contributed by atoms with van der Waals surface area (Å²) in [5.74, 6) is -0.558. The lowest BCUT2D eigenvalue weighted by Gasteiger charge is -2.32. The number of benzene rings is 2. The summed E-state index contributed by atoms with van der Waals surface area (Å²) in [4.78, 5) is 28.1. The van der Waals surface area contributed by atoms with Crippen LogP contribution in [0.15, 0.2) is 41.3 Å². The summed E-state index contributed by atoms with van der Waals surface area (Å²) in [5, 5.41) is 6.06. The molecular formula is C25H31Cl2N5O4S. The standard InChI is InChI=1S/C25H31Cl2N5O4S/c1-15-11-16(2)13-19(12-15)30-25(34)31-9-10-32(37(35,36)20-7-8-21(26)22(27)14-20)24(31)23(33)29-18-5-3-17(28)4-6-18/h7-8,11-14,17-18,24H,3-6,9-10,28H2,1-2H3,(H,29,33)(H,30,34). The van der Waals surface area contributed by atoms with E-state index < -0.39 is 28.1 Å². The minimum Gasteiger partial charge on any atom is -0.350 e. The molecule has 4 N–H and O–H groups in total. The molecule has 0 bridgehead atoms. The molecule has 37 heavy (non-hydrogen) atoms. The maximum absolute atomic E-state index is 13.6. The maximum atomic E-state index is 13.6. The molecule has 1 saturated heterocycles. The second kappa shape index (κ2) is 11.2. The Hall–Kier alpha value is -2.37. The van der Waals surface area contributed by atoms with Crippen molar-refractivity contribution in [3.63, 3.8) is 0 Å². The fourth-order valence-electron chi connectivity index (χ4n) is 4.90. The fraction of sp³-hybridized carbons (Fsp3) is 0.440. The quantitative estimate of drug-likeness (QED) is 0.505. The van der Waals surface area contributed by atoms with Crippen molar-refractivity contribution < 1.29 is 18.0 Å². The van der Waals surface area contributed by atoms with Gasteiger partial charge in [-0.3, -0.25) is 9.69 Å². The second-order valence-electron chi connectivity index (χ2n) is 9.69. The van der Waals surface area contributed by atoms with Crippen LogP contribution >= 0.6 is 23.2 Å². The molecule has 4 rings (SSSR count). The van der Waals surface area contributed by atoms with Crippen molar-refractivity contribution in [1.82, 2.24) is 14.5 Å².